The minimum absolute atomic E-state index is 0.0350. The molecule has 3 aliphatic rings. The van der Waals surface area contributed by atoms with Gasteiger partial charge in [-0.1, -0.05) is 18.6 Å². The number of pyridine rings is 1. The highest BCUT2D eigenvalue weighted by atomic mass is 16.1. The summed E-state index contributed by atoms with van der Waals surface area (Å²) >= 11 is 0. The van der Waals surface area contributed by atoms with E-state index in [0.29, 0.717) is 12.1 Å². The van der Waals surface area contributed by atoms with Crippen LogP contribution in [0, 0.1) is 0 Å². The first kappa shape index (κ1) is 26.1. The number of likely N-dealkylation sites (N-methyl/N-ethyl adjacent to an activating group) is 1. The average Bonchev–Trinajstić information content (AvgIpc) is 2.96. The van der Waals surface area contributed by atoms with Gasteiger partial charge in [0.2, 0.25) is 0 Å². The van der Waals surface area contributed by atoms with Gasteiger partial charge in [-0.05, 0) is 95.6 Å². The van der Waals surface area contributed by atoms with Crippen LogP contribution in [0.3, 0.4) is 0 Å². The molecule has 3 saturated heterocycles. The minimum Gasteiger partial charge on any atom is -0.369 e. The van der Waals surface area contributed by atoms with Gasteiger partial charge in [0.05, 0.1) is 5.56 Å². The van der Waals surface area contributed by atoms with Crippen LogP contribution in [0.1, 0.15) is 48.9 Å². The van der Waals surface area contributed by atoms with E-state index < -0.39 is 0 Å². The summed E-state index contributed by atoms with van der Waals surface area (Å²) in [6.45, 7) is 11.1. The lowest BCUT2D eigenvalue weighted by Crippen LogP contribution is -2.47. The summed E-state index contributed by atoms with van der Waals surface area (Å²) in [5, 5.41) is 3.11. The molecule has 1 aromatic carbocycles. The van der Waals surface area contributed by atoms with Crippen LogP contribution in [-0.4, -0.2) is 104 Å². The Morgan fingerprint density at radius 2 is 1.62 bits per heavy atom. The van der Waals surface area contributed by atoms with Gasteiger partial charge >= 0.3 is 0 Å². The molecule has 2 aromatic rings. The number of hydrogen-bond donors (Lipinski definition) is 1. The van der Waals surface area contributed by atoms with E-state index in [1.54, 1.807) is 6.20 Å². The standard InChI is InChI=1S/C30H44N6O/c1-33-18-20-36(21-19-33)28-8-6-25(7-9-28)26-22-27(24-31-23-26)30(37)32-12-5-13-34-16-10-29(11-17-34)35-14-3-2-4-15-35/h6-9,22-24,29H,2-5,10-21H2,1H3,(H,32,37). The van der Waals surface area contributed by atoms with Crippen LogP contribution >= 0.6 is 0 Å². The second-order valence-electron chi connectivity index (χ2n) is 11.1. The zero-order chi connectivity index (χ0) is 25.5. The fourth-order valence-corrected chi connectivity index (χ4v) is 6.05. The van der Waals surface area contributed by atoms with E-state index in [1.165, 1.54) is 64.0 Å². The number of hydrogen-bond acceptors (Lipinski definition) is 6. The number of benzene rings is 1. The predicted octanol–water partition coefficient (Wildman–Crippen LogP) is 3.57. The fraction of sp³-hybridized carbons (Fsp3) is 0.600. The third kappa shape index (κ3) is 7.09. The van der Waals surface area contributed by atoms with Crippen molar-refractivity contribution in [3.05, 3.63) is 48.3 Å². The second-order valence-corrected chi connectivity index (χ2v) is 11.1. The van der Waals surface area contributed by atoms with Crippen LogP contribution in [0.4, 0.5) is 5.69 Å². The molecule has 4 heterocycles. The molecule has 200 valence electrons. The molecule has 0 aliphatic carbocycles. The lowest BCUT2D eigenvalue weighted by molar-refractivity contribution is 0.0902. The Bertz CT molecular complexity index is 989. The number of carbonyl (C=O) groups is 1. The number of rotatable bonds is 8. The van der Waals surface area contributed by atoms with E-state index in [0.717, 1.165) is 56.3 Å². The van der Waals surface area contributed by atoms with Crippen LogP contribution in [0.2, 0.25) is 0 Å². The average molecular weight is 505 g/mol. The Labute approximate surface area is 222 Å². The van der Waals surface area contributed by atoms with Gasteiger partial charge < -0.3 is 24.9 Å². The monoisotopic (exact) mass is 504 g/mol. The Hall–Kier alpha value is -2.48. The lowest BCUT2D eigenvalue weighted by Gasteiger charge is -2.40. The number of piperidine rings is 2. The number of amides is 1. The summed E-state index contributed by atoms with van der Waals surface area (Å²) in [6.07, 6.45) is 11.2. The summed E-state index contributed by atoms with van der Waals surface area (Å²) in [5.41, 5.74) is 3.96. The molecule has 0 saturated carbocycles. The highest BCUT2D eigenvalue weighted by Crippen LogP contribution is 2.24. The quantitative estimate of drug-likeness (QED) is 0.555. The molecule has 0 spiro atoms. The Morgan fingerprint density at radius 3 is 2.35 bits per heavy atom. The largest absolute Gasteiger partial charge is 0.369 e. The molecule has 3 aliphatic heterocycles. The molecule has 7 heteroatoms. The van der Waals surface area contributed by atoms with Crippen molar-refractivity contribution in [3.8, 4) is 11.1 Å². The molecular formula is C30H44N6O. The number of anilines is 1. The summed E-state index contributed by atoms with van der Waals surface area (Å²) in [7, 11) is 2.18. The van der Waals surface area contributed by atoms with Gasteiger partial charge in [-0.3, -0.25) is 9.78 Å². The van der Waals surface area contributed by atoms with Crippen molar-refractivity contribution < 1.29 is 4.79 Å². The van der Waals surface area contributed by atoms with E-state index in [9.17, 15) is 4.79 Å². The summed E-state index contributed by atoms with van der Waals surface area (Å²) in [4.78, 5) is 27.3. The van der Waals surface area contributed by atoms with Gasteiger partial charge in [-0.2, -0.15) is 0 Å². The molecule has 5 rings (SSSR count). The molecule has 37 heavy (non-hydrogen) atoms. The van der Waals surface area contributed by atoms with E-state index in [4.69, 9.17) is 0 Å². The topological polar surface area (TPSA) is 55.0 Å². The van der Waals surface area contributed by atoms with Crippen molar-refractivity contribution in [1.29, 1.82) is 0 Å². The van der Waals surface area contributed by atoms with Gasteiger partial charge in [-0.15, -0.1) is 0 Å². The van der Waals surface area contributed by atoms with E-state index in [1.807, 2.05) is 12.3 Å². The number of nitrogens with zero attached hydrogens (tertiary/aromatic N) is 5. The highest BCUT2D eigenvalue weighted by molar-refractivity contribution is 5.95. The molecular weight excluding hydrogens is 460 g/mol. The van der Waals surface area contributed by atoms with Crippen molar-refractivity contribution >= 4 is 11.6 Å². The van der Waals surface area contributed by atoms with Gasteiger partial charge in [0.1, 0.15) is 0 Å². The predicted molar refractivity (Wildman–Crippen MR) is 151 cm³/mol. The van der Waals surface area contributed by atoms with Gasteiger partial charge in [0.15, 0.2) is 0 Å². The smallest absolute Gasteiger partial charge is 0.252 e. The van der Waals surface area contributed by atoms with Crippen LogP contribution in [-0.2, 0) is 0 Å². The molecule has 3 fully saturated rings. The molecule has 0 atom stereocenters. The summed E-state index contributed by atoms with van der Waals surface area (Å²) in [5.74, 6) is -0.0350. The molecule has 0 unspecified atom stereocenters. The van der Waals surface area contributed by atoms with Crippen LogP contribution in [0.5, 0.6) is 0 Å². The first-order chi connectivity index (χ1) is 18.2. The Morgan fingerprint density at radius 1 is 0.892 bits per heavy atom. The molecule has 0 bridgehead atoms. The van der Waals surface area contributed by atoms with Crippen molar-refractivity contribution in [2.45, 2.75) is 44.6 Å². The van der Waals surface area contributed by atoms with Crippen molar-refractivity contribution in [3.63, 3.8) is 0 Å². The number of nitrogens with one attached hydrogen (secondary N) is 1. The zero-order valence-electron chi connectivity index (χ0n) is 22.6. The molecule has 1 N–H and O–H groups in total. The summed E-state index contributed by atoms with van der Waals surface area (Å²) in [6, 6.07) is 11.4. The molecule has 1 amide bonds. The van der Waals surface area contributed by atoms with Crippen molar-refractivity contribution in [2.75, 3.05) is 77.4 Å². The van der Waals surface area contributed by atoms with Crippen LogP contribution in [0.25, 0.3) is 11.1 Å². The normalized spacial score (nSPS) is 20.7. The number of carbonyl (C=O) groups excluding carboxylic acids is 1. The van der Waals surface area contributed by atoms with E-state index >= 15 is 0 Å². The highest BCUT2D eigenvalue weighted by Gasteiger charge is 2.25. The maximum absolute atomic E-state index is 12.8. The lowest BCUT2D eigenvalue weighted by atomic mass is 10.00. The van der Waals surface area contributed by atoms with E-state index in [2.05, 4.69) is 61.2 Å². The van der Waals surface area contributed by atoms with Crippen molar-refractivity contribution in [2.24, 2.45) is 0 Å². The maximum atomic E-state index is 12.8. The Balaban J connectivity index is 1.05. The number of piperazine rings is 1. The SMILES string of the molecule is CN1CCN(c2ccc(-c3cncc(C(=O)NCCCN4CCC(N5CCCCC5)CC4)c3)cc2)CC1. The second kappa shape index (κ2) is 12.9. The zero-order valence-corrected chi connectivity index (χ0v) is 22.6. The van der Waals surface area contributed by atoms with Crippen molar-refractivity contribution in [1.82, 2.24) is 25.0 Å². The van der Waals surface area contributed by atoms with Gasteiger partial charge in [-0.25, -0.2) is 0 Å². The minimum atomic E-state index is -0.0350. The van der Waals surface area contributed by atoms with Crippen LogP contribution in [0.15, 0.2) is 42.7 Å². The molecule has 0 radical (unpaired) electrons. The third-order valence-corrected chi connectivity index (χ3v) is 8.47. The molecule has 1 aromatic heterocycles. The maximum Gasteiger partial charge on any atom is 0.252 e. The van der Waals surface area contributed by atoms with Gasteiger partial charge in [0, 0.05) is 62.4 Å². The third-order valence-electron chi connectivity index (χ3n) is 8.47. The summed E-state index contributed by atoms with van der Waals surface area (Å²) < 4.78 is 0. The Kier molecular flexibility index (Phi) is 9.08. The first-order valence-electron chi connectivity index (χ1n) is 14.4. The number of aromatic nitrogens is 1. The first-order valence-corrected chi connectivity index (χ1v) is 14.4. The fourth-order valence-electron chi connectivity index (χ4n) is 6.05. The van der Waals surface area contributed by atoms with E-state index in [-0.39, 0.29) is 5.91 Å². The molecule has 7 nitrogen and oxygen atoms in total. The van der Waals surface area contributed by atoms with Crippen LogP contribution < -0.4 is 10.2 Å². The number of likely N-dealkylation sites (tertiary alicyclic amines) is 2. The van der Waals surface area contributed by atoms with Gasteiger partial charge in [0.25, 0.3) is 5.91 Å².